The first kappa shape index (κ1) is 20.9. The van der Waals surface area contributed by atoms with Crippen LogP contribution in [0.1, 0.15) is 24.8 Å². The van der Waals surface area contributed by atoms with E-state index in [1.807, 2.05) is 36.4 Å². The number of para-hydroxylation sites is 1. The predicted molar refractivity (Wildman–Crippen MR) is 142 cm³/mol. The van der Waals surface area contributed by atoms with Gasteiger partial charge < -0.3 is 16.2 Å². The maximum Gasteiger partial charge on any atom is 0.154 e. The third-order valence-corrected chi connectivity index (χ3v) is 7.45. The summed E-state index contributed by atoms with van der Waals surface area (Å²) in [5.41, 5.74) is 14.2. The number of nitrogens with zero attached hydrogens (tertiary/aromatic N) is 3. The van der Waals surface area contributed by atoms with E-state index in [2.05, 4.69) is 51.3 Å². The molecule has 6 nitrogen and oxygen atoms in total. The van der Waals surface area contributed by atoms with Crippen molar-refractivity contribution in [2.45, 2.75) is 24.8 Å². The number of phenols is 1. The first-order chi connectivity index (χ1) is 17.6. The summed E-state index contributed by atoms with van der Waals surface area (Å²) in [6.45, 7) is 0. The Morgan fingerprint density at radius 3 is 2.36 bits per heavy atom. The highest BCUT2D eigenvalue weighted by Crippen LogP contribution is 2.45. The van der Waals surface area contributed by atoms with Crippen LogP contribution in [0.3, 0.4) is 0 Å². The van der Waals surface area contributed by atoms with Gasteiger partial charge in [0.2, 0.25) is 0 Å². The van der Waals surface area contributed by atoms with Gasteiger partial charge in [0.1, 0.15) is 11.6 Å². The zero-order valence-electron chi connectivity index (χ0n) is 19.6. The van der Waals surface area contributed by atoms with Crippen molar-refractivity contribution in [2.24, 2.45) is 5.73 Å². The molecule has 6 heteroatoms. The van der Waals surface area contributed by atoms with Gasteiger partial charge in [-0.1, -0.05) is 36.4 Å². The van der Waals surface area contributed by atoms with E-state index < -0.39 is 0 Å². The summed E-state index contributed by atoms with van der Waals surface area (Å²) in [4.78, 5) is 9.88. The number of nitrogens with two attached hydrogens (primary N) is 1. The lowest BCUT2D eigenvalue weighted by Crippen LogP contribution is -2.43. The molecule has 5 aromatic rings. The summed E-state index contributed by atoms with van der Waals surface area (Å²) in [6.07, 6.45) is 5.02. The quantitative estimate of drug-likeness (QED) is 0.279. The van der Waals surface area contributed by atoms with Gasteiger partial charge in [-0.3, -0.25) is 4.57 Å². The van der Waals surface area contributed by atoms with Crippen LogP contribution in [0, 0.1) is 0 Å². The van der Waals surface area contributed by atoms with Crippen molar-refractivity contribution < 1.29 is 5.11 Å². The first-order valence-corrected chi connectivity index (χ1v) is 12.2. The predicted octanol–water partition coefficient (Wildman–Crippen LogP) is 6.37. The maximum absolute atomic E-state index is 9.93. The van der Waals surface area contributed by atoms with E-state index in [-0.39, 0.29) is 11.3 Å². The number of aromatic nitrogens is 3. The molecule has 7 rings (SSSR count). The molecule has 0 spiro atoms. The number of phenolic OH excluding ortho intramolecular Hbond substituents is 1. The fraction of sp³-hybridized carbons (Fsp3) is 0.133. The molecule has 0 atom stereocenters. The molecule has 0 amide bonds. The highest BCUT2D eigenvalue weighted by Gasteiger charge is 2.34. The number of hydrogen-bond donors (Lipinski definition) is 3. The Morgan fingerprint density at radius 2 is 1.61 bits per heavy atom. The Morgan fingerprint density at radius 1 is 0.861 bits per heavy atom. The zero-order chi connectivity index (χ0) is 24.3. The van der Waals surface area contributed by atoms with Crippen molar-refractivity contribution in [1.29, 1.82) is 0 Å². The monoisotopic (exact) mass is 471 g/mol. The number of imidazole rings is 1. The summed E-state index contributed by atoms with van der Waals surface area (Å²) < 4.78 is 2.19. The van der Waals surface area contributed by atoms with E-state index in [1.165, 1.54) is 12.0 Å². The Kier molecular flexibility index (Phi) is 4.53. The number of hydrogen-bond acceptors (Lipinski definition) is 5. The molecule has 3 aromatic carbocycles. The fourth-order valence-corrected chi connectivity index (χ4v) is 5.32. The molecular formula is C30H25N5O. The van der Waals surface area contributed by atoms with Gasteiger partial charge in [0.05, 0.1) is 22.8 Å². The number of nitrogens with one attached hydrogen (secondary N) is 1. The number of pyridine rings is 1. The summed E-state index contributed by atoms with van der Waals surface area (Å²) in [6, 6.07) is 28.0. The van der Waals surface area contributed by atoms with E-state index in [0.29, 0.717) is 0 Å². The van der Waals surface area contributed by atoms with Crippen LogP contribution in [-0.4, -0.2) is 19.6 Å². The molecule has 4 N–H and O–H groups in total. The van der Waals surface area contributed by atoms with Crippen molar-refractivity contribution >= 4 is 11.5 Å². The van der Waals surface area contributed by atoms with Gasteiger partial charge in [-0.15, -0.1) is 0 Å². The highest BCUT2D eigenvalue weighted by atomic mass is 16.3. The van der Waals surface area contributed by atoms with Crippen LogP contribution in [-0.2, 0) is 5.54 Å². The molecule has 36 heavy (non-hydrogen) atoms. The van der Waals surface area contributed by atoms with Gasteiger partial charge in [0.15, 0.2) is 5.82 Å². The second-order valence-electron chi connectivity index (χ2n) is 9.64. The molecule has 2 aromatic heterocycles. The van der Waals surface area contributed by atoms with E-state index in [0.717, 1.165) is 63.9 Å². The van der Waals surface area contributed by atoms with Gasteiger partial charge in [0.25, 0.3) is 0 Å². The number of fused-ring (bicyclic) bond motifs is 5. The Labute approximate surface area is 209 Å². The highest BCUT2D eigenvalue weighted by molar-refractivity contribution is 5.90. The van der Waals surface area contributed by atoms with Gasteiger partial charge in [-0.2, -0.15) is 0 Å². The minimum atomic E-state index is -0.216. The Hall–Kier alpha value is -4.42. The van der Waals surface area contributed by atoms with E-state index in [1.54, 1.807) is 18.3 Å². The molecule has 176 valence electrons. The van der Waals surface area contributed by atoms with Crippen molar-refractivity contribution in [3.8, 4) is 45.3 Å². The van der Waals surface area contributed by atoms with Crippen molar-refractivity contribution in [1.82, 2.24) is 14.5 Å². The standard InChI is InChI=1S/C30H25N5O/c31-30(16-4-17-30)21-12-8-20(9-13-21)27-26(19-10-14-22(36)15-11-19)34-29-23-5-1-2-6-24(23)33-28-25(35(27)29)7-3-18-32-28/h1-3,5-15,18,36H,4,16-17,31H2,(H,32,33). The van der Waals surface area contributed by atoms with Crippen LogP contribution in [0.15, 0.2) is 91.1 Å². The molecule has 0 unspecified atom stereocenters. The largest absolute Gasteiger partial charge is 0.508 e. The summed E-state index contributed by atoms with van der Waals surface area (Å²) in [5, 5.41) is 13.4. The van der Waals surface area contributed by atoms with E-state index in [4.69, 9.17) is 10.7 Å². The van der Waals surface area contributed by atoms with Crippen LogP contribution in [0.5, 0.6) is 5.75 Å². The molecular weight excluding hydrogens is 446 g/mol. The molecule has 1 aliphatic heterocycles. The van der Waals surface area contributed by atoms with Crippen LogP contribution in [0.2, 0.25) is 0 Å². The molecule has 2 aliphatic rings. The normalized spacial score (nSPS) is 15.0. The first-order valence-electron chi connectivity index (χ1n) is 12.2. The Balaban J connectivity index is 1.53. The topological polar surface area (TPSA) is 89.0 Å². The van der Waals surface area contributed by atoms with Gasteiger partial charge in [0, 0.05) is 28.4 Å². The van der Waals surface area contributed by atoms with Gasteiger partial charge in [-0.25, -0.2) is 9.97 Å². The van der Waals surface area contributed by atoms with Crippen LogP contribution in [0.4, 0.5) is 11.5 Å². The average Bonchev–Trinajstić information content (AvgIpc) is 3.22. The minimum Gasteiger partial charge on any atom is -0.508 e. The van der Waals surface area contributed by atoms with Gasteiger partial charge >= 0.3 is 0 Å². The molecule has 3 heterocycles. The maximum atomic E-state index is 9.93. The van der Waals surface area contributed by atoms with Crippen LogP contribution >= 0.6 is 0 Å². The molecule has 1 saturated carbocycles. The van der Waals surface area contributed by atoms with Gasteiger partial charge in [-0.05, 0) is 73.4 Å². The zero-order valence-corrected chi connectivity index (χ0v) is 19.6. The number of benzene rings is 3. The van der Waals surface area contributed by atoms with E-state index in [9.17, 15) is 5.11 Å². The number of aromatic hydroxyl groups is 1. The summed E-state index contributed by atoms with van der Waals surface area (Å²) >= 11 is 0. The smallest absolute Gasteiger partial charge is 0.154 e. The number of rotatable bonds is 3. The lowest BCUT2D eigenvalue weighted by atomic mass is 9.72. The van der Waals surface area contributed by atoms with Crippen LogP contribution < -0.4 is 11.1 Å². The summed E-state index contributed by atoms with van der Waals surface area (Å²) in [7, 11) is 0. The van der Waals surface area contributed by atoms with Crippen molar-refractivity contribution in [3.05, 3.63) is 96.7 Å². The van der Waals surface area contributed by atoms with Crippen molar-refractivity contribution in [2.75, 3.05) is 5.32 Å². The lowest BCUT2D eigenvalue weighted by Gasteiger charge is -2.38. The molecule has 1 aliphatic carbocycles. The second kappa shape index (κ2) is 7.80. The second-order valence-corrected chi connectivity index (χ2v) is 9.64. The number of anilines is 2. The third kappa shape index (κ3) is 3.15. The summed E-state index contributed by atoms with van der Waals surface area (Å²) in [5.74, 6) is 1.83. The molecule has 0 saturated heterocycles. The molecule has 0 bridgehead atoms. The van der Waals surface area contributed by atoms with Crippen molar-refractivity contribution in [3.63, 3.8) is 0 Å². The Bertz CT molecular complexity index is 1600. The van der Waals surface area contributed by atoms with Crippen LogP contribution in [0.25, 0.3) is 39.6 Å². The molecule has 0 radical (unpaired) electrons. The lowest BCUT2D eigenvalue weighted by molar-refractivity contribution is 0.253. The SMILES string of the molecule is NC1(c2ccc(-c3c(-c4ccc(O)cc4)nc4n3-c3cccnc3Nc3ccccc3-4)cc2)CCC1. The third-order valence-electron chi connectivity index (χ3n) is 7.45. The molecule has 1 fully saturated rings. The van der Waals surface area contributed by atoms with E-state index >= 15 is 0 Å². The minimum absolute atomic E-state index is 0.216. The average molecular weight is 472 g/mol. The fourth-order valence-electron chi connectivity index (χ4n) is 5.32.